The summed E-state index contributed by atoms with van der Waals surface area (Å²) in [7, 11) is 0. The Labute approximate surface area is 132 Å². The lowest BCUT2D eigenvalue weighted by Crippen LogP contribution is -2.11. The molecular weight excluding hydrogens is 432 g/mol. The van der Waals surface area contributed by atoms with Crippen LogP contribution in [-0.4, -0.2) is 0 Å². The van der Waals surface area contributed by atoms with Crippen molar-refractivity contribution in [2.24, 2.45) is 5.73 Å². The van der Waals surface area contributed by atoms with Gasteiger partial charge < -0.3 is 5.73 Å². The zero-order valence-corrected chi connectivity index (χ0v) is 14.3. The Hall–Kier alpha value is 0.380. The molecule has 90 valence electrons. The summed E-state index contributed by atoms with van der Waals surface area (Å²) in [4.78, 5) is 1.15. The van der Waals surface area contributed by atoms with Crippen molar-refractivity contribution < 1.29 is 0 Å². The minimum absolute atomic E-state index is 0.115. The van der Waals surface area contributed by atoms with Crippen LogP contribution in [0.1, 0.15) is 22.0 Å². The van der Waals surface area contributed by atoms with Crippen LogP contribution in [0.15, 0.2) is 28.1 Å². The molecule has 0 aliphatic heterocycles. The fourth-order valence-corrected chi connectivity index (χ4v) is 3.99. The van der Waals surface area contributed by atoms with E-state index >= 15 is 0 Å². The molecule has 1 aromatic heterocycles. The van der Waals surface area contributed by atoms with E-state index in [-0.39, 0.29) is 6.04 Å². The SMILES string of the molecule is Cc1cc(C(N)c2cc(Cl)ccc2I)sc1Br. The summed E-state index contributed by atoms with van der Waals surface area (Å²) in [6, 6.07) is 7.83. The Morgan fingerprint density at radius 1 is 1.41 bits per heavy atom. The van der Waals surface area contributed by atoms with Crippen LogP contribution in [0, 0.1) is 10.5 Å². The number of halogens is 3. The van der Waals surface area contributed by atoms with Crippen molar-refractivity contribution >= 4 is 61.5 Å². The van der Waals surface area contributed by atoms with Crippen LogP contribution in [0.25, 0.3) is 0 Å². The molecule has 1 nitrogen and oxygen atoms in total. The Kier molecular flexibility index (Phi) is 4.52. The van der Waals surface area contributed by atoms with Gasteiger partial charge in [-0.3, -0.25) is 0 Å². The third-order valence-corrected chi connectivity index (χ3v) is 5.91. The molecule has 17 heavy (non-hydrogen) atoms. The number of rotatable bonds is 2. The highest BCUT2D eigenvalue weighted by Crippen LogP contribution is 2.35. The van der Waals surface area contributed by atoms with E-state index in [2.05, 4.69) is 51.5 Å². The maximum atomic E-state index is 6.29. The first-order chi connectivity index (χ1) is 7.99. The number of hydrogen-bond donors (Lipinski definition) is 1. The van der Waals surface area contributed by atoms with Crippen molar-refractivity contribution in [3.05, 3.63) is 52.6 Å². The minimum Gasteiger partial charge on any atom is -0.320 e. The van der Waals surface area contributed by atoms with Gasteiger partial charge in [-0.2, -0.15) is 0 Å². The average Bonchev–Trinajstić information content (AvgIpc) is 2.62. The molecular formula is C12H10BrClINS. The summed E-state index contributed by atoms with van der Waals surface area (Å²) in [5, 5.41) is 0.725. The van der Waals surface area contributed by atoms with Gasteiger partial charge in [0.05, 0.1) is 9.83 Å². The van der Waals surface area contributed by atoms with Crippen LogP contribution >= 0.6 is 61.5 Å². The lowest BCUT2D eigenvalue weighted by molar-refractivity contribution is 0.886. The number of hydrogen-bond acceptors (Lipinski definition) is 2. The van der Waals surface area contributed by atoms with Crippen LogP contribution in [0.3, 0.4) is 0 Å². The molecule has 0 saturated carbocycles. The van der Waals surface area contributed by atoms with E-state index in [1.165, 1.54) is 5.56 Å². The van der Waals surface area contributed by atoms with Crippen molar-refractivity contribution in [2.45, 2.75) is 13.0 Å². The Morgan fingerprint density at radius 2 is 2.12 bits per heavy atom. The van der Waals surface area contributed by atoms with Gasteiger partial charge >= 0.3 is 0 Å². The van der Waals surface area contributed by atoms with E-state index in [0.717, 1.165) is 22.8 Å². The van der Waals surface area contributed by atoms with Crippen LogP contribution in [0.5, 0.6) is 0 Å². The molecule has 5 heteroatoms. The molecule has 0 spiro atoms. The molecule has 0 fully saturated rings. The summed E-state index contributed by atoms with van der Waals surface area (Å²) in [6.45, 7) is 2.07. The standard InChI is InChI=1S/C12H10BrClINS/c1-6-4-10(17-12(6)13)11(16)8-5-7(14)2-3-9(8)15/h2-5,11H,16H2,1H3. The van der Waals surface area contributed by atoms with Crippen molar-refractivity contribution in [1.82, 2.24) is 0 Å². The molecule has 2 aromatic rings. The van der Waals surface area contributed by atoms with Crippen molar-refractivity contribution in [3.63, 3.8) is 0 Å². The molecule has 2 N–H and O–H groups in total. The number of aryl methyl sites for hydroxylation is 1. The second-order valence-corrected chi connectivity index (χ2v) is 7.75. The fraction of sp³-hybridized carbons (Fsp3) is 0.167. The largest absolute Gasteiger partial charge is 0.320 e. The van der Waals surface area contributed by atoms with Crippen molar-refractivity contribution in [1.29, 1.82) is 0 Å². The monoisotopic (exact) mass is 441 g/mol. The van der Waals surface area contributed by atoms with Gasteiger partial charge in [-0.15, -0.1) is 11.3 Å². The second-order valence-electron chi connectivity index (χ2n) is 3.75. The van der Waals surface area contributed by atoms with E-state index in [0.29, 0.717) is 0 Å². The van der Waals surface area contributed by atoms with E-state index in [4.69, 9.17) is 17.3 Å². The number of benzene rings is 1. The van der Waals surface area contributed by atoms with Gasteiger partial charge in [0, 0.05) is 13.5 Å². The number of nitrogens with two attached hydrogens (primary N) is 1. The van der Waals surface area contributed by atoms with E-state index in [9.17, 15) is 0 Å². The molecule has 2 rings (SSSR count). The summed E-state index contributed by atoms with van der Waals surface area (Å²) >= 11 is 13.5. The average molecular weight is 443 g/mol. The normalized spacial score (nSPS) is 12.8. The highest BCUT2D eigenvalue weighted by Gasteiger charge is 2.16. The molecule has 0 radical (unpaired) electrons. The minimum atomic E-state index is -0.115. The maximum absolute atomic E-state index is 6.29. The van der Waals surface area contributed by atoms with Gasteiger partial charge in [0.1, 0.15) is 0 Å². The molecule has 0 saturated heterocycles. The molecule has 0 amide bonds. The molecule has 0 bridgehead atoms. The Balaban J connectivity index is 2.42. The van der Waals surface area contributed by atoms with Gasteiger partial charge in [0.25, 0.3) is 0 Å². The van der Waals surface area contributed by atoms with Crippen LogP contribution < -0.4 is 5.73 Å². The van der Waals surface area contributed by atoms with Gasteiger partial charge in [0.2, 0.25) is 0 Å². The van der Waals surface area contributed by atoms with Gasteiger partial charge in [-0.05, 0) is 80.8 Å². The highest BCUT2D eigenvalue weighted by molar-refractivity contribution is 14.1. The predicted octanol–water partition coefficient (Wildman–Crippen LogP) is 5.13. The first-order valence-electron chi connectivity index (χ1n) is 4.95. The topological polar surface area (TPSA) is 26.0 Å². The quantitative estimate of drug-likeness (QED) is 0.642. The summed E-state index contributed by atoms with van der Waals surface area (Å²) in [6.07, 6.45) is 0. The lowest BCUT2D eigenvalue weighted by Gasteiger charge is -2.12. The van der Waals surface area contributed by atoms with E-state index < -0.39 is 0 Å². The first-order valence-corrected chi connectivity index (χ1v) is 8.02. The third kappa shape index (κ3) is 3.04. The Morgan fingerprint density at radius 3 is 2.71 bits per heavy atom. The molecule has 1 unspecified atom stereocenters. The maximum Gasteiger partial charge on any atom is 0.0731 e. The van der Waals surface area contributed by atoms with Crippen LogP contribution in [0.2, 0.25) is 5.02 Å². The smallest absolute Gasteiger partial charge is 0.0731 e. The van der Waals surface area contributed by atoms with E-state index in [1.54, 1.807) is 11.3 Å². The zero-order chi connectivity index (χ0) is 12.6. The molecule has 1 heterocycles. The molecule has 0 aliphatic rings. The first kappa shape index (κ1) is 13.8. The predicted molar refractivity (Wildman–Crippen MR) is 87.0 cm³/mol. The summed E-state index contributed by atoms with van der Waals surface area (Å²) < 4.78 is 2.28. The molecule has 1 aromatic carbocycles. The Bertz CT molecular complexity index is 536. The van der Waals surface area contributed by atoms with Gasteiger partial charge in [0.15, 0.2) is 0 Å². The van der Waals surface area contributed by atoms with Crippen LogP contribution in [-0.2, 0) is 0 Å². The second kappa shape index (κ2) is 5.57. The number of thiophene rings is 1. The lowest BCUT2D eigenvalue weighted by atomic mass is 10.1. The van der Waals surface area contributed by atoms with Gasteiger partial charge in [-0.25, -0.2) is 0 Å². The van der Waals surface area contributed by atoms with Gasteiger partial charge in [-0.1, -0.05) is 11.6 Å². The summed E-state index contributed by atoms with van der Waals surface area (Å²) in [5.74, 6) is 0. The molecule has 1 atom stereocenters. The van der Waals surface area contributed by atoms with E-state index in [1.807, 2.05) is 18.2 Å². The summed E-state index contributed by atoms with van der Waals surface area (Å²) in [5.41, 5.74) is 8.59. The van der Waals surface area contributed by atoms with Crippen LogP contribution in [0.4, 0.5) is 0 Å². The zero-order valence-electron chi connectivity index (χ0n) is 9.01. The third-order valence-electron chi connectivity index (χ3n) is 2.48. The highest BCUT2D eigenvalue weighted by atomic mass is 127. The fourth-order valence-electron chi connectivity index (χ4n) is 1.54. The molecule has 0 aliphatic carbocycles. The van der Waals surface area contributed by atoms with Crippen molar-refractivity contribution in [3.8, 4) is 0 Å². The van der Waals surface area contributed by atoms with Crippen molar-refractivity contribution in [2.75, 3.05) is 0 Å².